The van der Waals surface area contributed by atoms with Crippen LogP contribution in [-0.2, 0) is 6.54 Å². The summed E-state index contributed by atoms with van der Waals surface area (Å²) in [6.45, 7) is 2.19. The Morgan fingerprint density at radius 3 is 2.81 bits per heavy atom. The molecule has 8 nitrogen and oxygen atoms in total. The van der Waals surface area contributed by atoms with Crippen LogP contribution in [0.5, 0.6) is 5.75 Å². The molecule has 1 fully saturated rings. The molecule has 5 aromatic rings. The number of piperidine rings is 1. The van der Waals surface area contributed by atoms with Crippen molar-refractivity contribution in [3.8, 4) is 28.4 Å². The number of ether oxygens (including phenoxy) is 1. The van der Waals surface area contributed by atoms with Crippen molar-refractivity contribution in [2.75, 3.05) is 20.2 Å². The normalized spacial score (nSPS) is 16.4. The van der Waals surface area contributed by atoms with Crippen LogP contribution in [0.4, 0.5) is 4.39 Å². The van der Waals surface area contributed by atoms with E-state index in [0.717, 1.165) is 59.5 Å². The number of methoxy groups -OCH3 is 1. The van der Waals surface area contributed by atoms with Crippen LogP contribution in [0.3, 0.4) is 0 Å². The maximum atomic E-state index is 14.5. The fraction of sp³-hybridized carbons (Fsp3) is 0.259. The highest BCUT2D eigenvalue weighted by atomic mass is 19.1. The van der Waals surface area contributed by atoms with E-state index < -0.39 is 0 Å². The number of pyridine rings is 1. The van der Waals surface area contributed by atoms with Gasteiger partial charge in [-0.25, -0.2) is 9.37 Å². The van der Waals surface area contributed by atoms with Gasteiger partial charge in [0.25, 0.3) is 0 Å². The van der Waals surface area contributed by atoms with Crippen molar-refractivity contribution < 1.29 is 9.13 Å². The van der Waals surface area contributed by atoms with Gasteiger partial charge in [0.15, 0.2) is 5.82 Å². The van der Waals surface area contributed by atoms with E-state index in [0.29, 0.717) is 23.7 Å². The zero-order valence-corrected chi connectivity index (χ0v) is 19.9. The van der Waals surface area contributed by atoms with Crippen LogP contribution in [0.2, 0.25) is 0 Å². The van der Waals surface area contributed by atoms with Crippen LogP contribution < -0.4 is 4.74 Å². The maximum Gasteiger partial charge on any atom is 0.181 e. The molecular formula is C27H26FN7O. The number of rotatable bonds is 6. The lowest BCUT2D eigenvalue weighted by Gasteiger charge is -2.32. The molecule has 1 aliphatic rings. The molecule has 0 saturated carbocycles. The zero-order valence-electron chi connectivity index (χ0n) is 19.9. The SMILES string of the molecule is COc1cccc(F)c1CN1CCCC(c2nc(-c3ccc4[nH]nc(-c5ccncc5)c4c3)n[nH]2)C1. The van der Waals surface area contributed by atoms with E-state index in [-0.39, 0.29) is 11.7 Å². The van der Waals surface area contributed by atoms with Gasteiger partial charge in [-0.1, -0.05) is 6.07 Å². The zero-order chi connectivity index (χ0) is 24.5. The van der Waals surface area contributed by atoms with Gasteiger partial charge in [0.2, 0.25) is 0 Å². The Morgan fingerprint density at radius 1 is 1.06 bits per heavy atom. The molecule has 2 N–H and O–H groups in total. The molecule has 0 aliphatic carbocycles. The number of hydrogen-bond acceptors (Lipinski definition) is 6. The van der Waals surface area contributed by atoms with Gasteiger partial charge in [0.1, 0.15) is 23.1 Å². The topological polar surface area (TPSA) is 95.6 Å². The number of nitrogens with one attached hydrogen (secondary N) is 2. The molecule has 1 atom stereocenters. The van der Waals surface area contributed by atoms with Crippen LogP contribution in [0.15, 0.2) is 60.9 Å². The molecule has 0 bridgehead atoms. The third-order valence-electron chi connectivity index (χ3n) is 6.85. The quantitative estimate of drug-likeness (QED) is 0.355. The summed E-state index contributed by atoms with van der Waals surface area (Å²) in [4.78, 5) is 11.2. The first kappa shape index (κ1) is 22.4. The highest BCUT2D eigenvalue weighted by Crippen LogP contribution is 2.32. The lowest BCUT2D eigenvalue weighted by Crippen LogP contribution is -2.34. The number of fused-ring (bicyclic) bond motifs is 1. The fourth-order valence-corrected chi connectivity index (χ4v) is 5.00. The predicted octanol–water partition coefficient (Wildman–Crippen LogP) is 4.94. The molecule has 1 unspecified atom stereocenters. The average molecular weight is 484 g/mol. The van der Waals surface area contributed by atoms with Gasteiger partial charge in [-0.2, -0.15) is 10.2 Å². The Hall–Kier alpha value is -4.11. The summed E-state index contributed by atoms with van der Waals surface area (Å²) in [6, 6.07) is 14.9. The Bertz CT molecular complexity index is 1500. The summed E-state index contributed by atoms with van der Waals surface area (Å²) in [5.41, 5.74) is 4.34. The van der Waals surface area contributed by atoms with E-state index >= 15 is 0 Å². The van der Waals surface area contributed by atoms with Crippen molar-refractivity contribution in [3.63, 3.8) is 0 Å². The van der Waals surface area contributed by atoms with Crippen molar-refractivity contribution in [1.29, 1.82) is 0 Å². The molecule has 36 heavy (non-hydrogen) atoms. The summed E-state index contributed by atoms with van der Waals surface area (Å²) in [5.74, 6) is 2.06. The number of nitrogens with zero attached hydrogens (tertiary/aromatic N) is 5. The van der Waals surface area contributed by atoms with E-state index in [1.54, 1.807) is 31.6 Å². The number of benzene rings is 2. The standard InChI is InChI=1S/C27H26FN7O/c1-36-24-6-2-5-22(28)21(24)16-35-13-3-4-19(15-35)27-30-26(33-34-27)18-7-8-23-20(14-18)25(32-31-23)17-9-11-29-12-10-17/h2,5-12,14,19H,3-4,13,15-16H2,1H3,(H,31,32)(H,30,33,34). The highest BCUT2D eigenvalue weighted by Gasteiger charge is 2.26. The molecule has 3 aromatic heterocycles. The lowest BCUT2D eigenvalue weighted by atomic mass is 9.96. The third-order valence-corrected chi connectivity index (χ3v) is 6.85. The molecule has 1 saturated heterocycles. The molecule has 9 heteroatoms. The maximum absolute atomic E-state index is 14.5. The molecular weight excluding hydrogens is 457 g/mol. The highest BCUT2D eigenvalue weighted by molar-refractivity contribution is 5.95. The predicted molar refractivity (Wildman–Crippen MR) is 135 cm³/mol. The minimum Gasteiger partial charge on any atom is -0.496 e. The Balaban J connectivity index is 1.23. The molecule has 2 aromatic carbocycles. The number of aromatic amines is 2. The number of hydrogen-bond donors (Lipinski definition) is 2. The molecule has 1 aliphatic heterocycles. The fourth-order valence-electron chi connectivity index (χ4n) is 5.00. The minimum atomic E-state index is -0.237. The molecule has 6 rings (SSSR count). The third kappa shape index (κ3) is 4.22. The van der Waals surface area contributed by atoms with Crippen LogP contribution in [0.1, 0.15) is 30.1 Å². The Labute approximate surface area is 207 Å². The number of aromatic nitrogens is 6. The molecule has 182 valence electrons. The second-order valence-corrected chi connectivity index (χ2v) is 9.11. The molecule has 0 spiro atoms. The van der Waals surface area contributed by atoms with Crippen molar-refractivity contribution in [2.45, 2.75) is 25.3 Å². The van der Waals surface area contributed by atoms with E-state index in [1.165, 1.54) is 6.07 Å². The van der Waals surface area contributed by atoms with E-state index in [4.69, 9.17) is 9.72 Å². The summed E-state index contributed by atoms with van der Waals surface area (Å²) in [5, 5.41) is 16.3. The van der Waals surface area contributed by atoms with Crippen molar-refractivity contribution in [3.05, 3.63) is 78.1 Å². The molecule has 0 radical (unpaired) electrons. The first-order valence-corrected chi connectivity index (χ1v) is 12.0. The van der Waals surface area contributed by atoms with E-state index in [9.17, 15) is 4.39 Å². The van der Waals surface area contributed by atoms with Gasteiger partial charge < -0.3 is 4.74 Å². The number of likely N-dealkylation sites (tertiary alicyclic amines) is 1. The second kappa shape index (κ2) is 9.50. The summed E-state index contributed by atoms with van der Waals surface area (Å²) >= 11 is 0. The van der Waals surface area contributed by atoms with Crippen LogP contribution in [-0.4, -0.2) is 55.5 Å². The van der Waals surface area contributed by atoms with Gasteiger partial charge in [-0.15, -0.1) is 0 Å². The second-order valence-electron chi connectivity index (χ2n) is 9.11. The summed E-state index contributed by atoms with van der Waals surface area (Å²) in [7, 11) is 1.58. The first-order chi connectivity index (χ1) is 17.7. The van der Waals surface area contributed by atoms with E-state index in [1.807, 2.05) is 24.3 Å². The van der Waals surface area contributed by atoms with Crippen LogP contribution >= 0.6 is 0 Å². The van der Waals surface area contributed by atoms with Crippen molar-refractivity contribution in [2.24, 2.45) is 0 Å². The molecule has 4 heterocycles. The molecule has 0 amide bonds. The summed E-state index contributed by atoms with van der Waals surface area (Å²) < 4.78 is 19.9. The average Bonchev–Trinajstić information content (AvgIpc) is 3.58. The number of H-pyrrole nitrogens is 2. The monoisotopic (exact) mass is 483 g/mol. The van der Waals surface area contributed by atoms with Gasteiger partial charge in [0.05, 0.1) is 12.6 Å². The Morgan fingerprint density at radius 2 is 1.94 bits per heavy atom. The van der Waals surface area contributed by atoms with Gasteiger partial charge >= 0.3 is 0 Å². The van der Waals surface area contributed by atoms with Gasteiger partial charge in [-0.05, 0) is 61.9 Å². The smallest absolute Gasteiger partial charge is 0.181 e. The summed E-state index contributed by atoms with van der Waals surface area (Å²) in [6.07, 6.45) is 5.54. The van der Waals surface area contributed by atoms with Gasteiger partial charge in [-0.3, -0.25) is 20.1 Å². The minimum absolute atomic E-state index is 0.197. The van der Waals surface area contributed by atoms with Crippen LogP contribution in [0.25, 0.3) is 33.5 Å². The largest absolute Gasteiger partial charge is 0.496 e. The number of halogens is 1. The van der Waals surface area contributed by atoms with Crippen LogP contribution in [0, 0.1) is 5.82 Å². The van der Waals surface area contributed by atoms with Gasteiger partial charge in [0, 0.05) is 53.5 Å². The lowest BCUT2D eigenvalue weighted by molar-refractivity contribution is 0.192. The van der Waals surface area contributed by atoms with E-state index in [2.05, 4.69) is 36.3 Å². The van der Waals surface area contributed by atoms with Crippen molar-refractivity contribution >= 4 is 10.9 Å². The first-order valence-electron chi connectivity index (χ1n) is 12.0. The Kier molecular flexibility index (Phi) is 5.90. The van der Waals surface area contributed by atoms with Crippen molar-refractivity contribution in [1.82, 2.24) is 35.3 Å².